The summed E-state index contributed by atoms with van der Waals surface area (Å²) in [6, 6.07) is 0. The summed E-state index contributed by atoms with van der Waals surface area (Å²) in [5.41, 5.74) is 5.08. The summed E-state index contributed by atoms with van der Waals surface area (Å²) < 4.78 is 10.2. The number of hydrogen-bond acceptors (Lipinski definition) is 4. The lowest BCUT2D eigenvalue weighted by Gasteiger charge is -2.34. The van der Waals surface area contributed by atoms with Crippen molar-refractivity contribution in [3.05, 3.63) is 0 Å². The van der Waals surface area contributed by atoms with Crippen LogP contribution in [-0.2, 0) is 14.3 Å². The summed E-state index contributed by atoms with van der Waals surface area (Å²) in [7, 11) is 0. The third-order valence-electron chi connectivity index (χ3n) is 2.46. The van der Waals surface area contributed by atoms with E-state index in [2.05, 4.69) is 0 Å². The number of nitrogens with two attached hydrogens (primary N) is 1. The Hall–Kier alpha value is -0.610. The van der Waals surface area contributed by atoms with Crippen LogP contribution in [0.3, 0.4) is 0 Å². The lowest BCUT2D eigenvalue weighted by molar-refractivity contribution is -0.155. The molecular formula is C10H19NO3. The highest BCUT2D eigenvalue weighted by Gasteiger charge is 2.41. The van der Waals surface area contributed by atoms with Gasteiger partial charge in [-0.15, -0.1) is 0 Å². The molecular weight excluding hydrogens is 182 g/mol. The summed E-state index contributed by atoms with van der Waals surface area (Å²) in [6.45, 7) is 3.54. The zero-order valence-corrected chi connectivity index (χ0v) is 8.75. The number of rotatable bonds is 6. The van der Waals surface area contributed by atoms with E-state index in [9.17, 15) is 4.79 Å². The molecule has 1 rings (SSSR count). The van der Waals surface area contributed by atoms with Crippen LogP contribution in [0.2, 0.25) is 0 Å². The van der Waals surface area contributed by atoms with E-state index in [1.807, 2.05) is 6.92 Å². The van der Waals surface area contributed by atoms with Crippen molar-refractivity contribution in [2.75, 3.05) is 19.8 Å². The Kier molecular flexibility index (Phi) is 4.35. The number of hydrogen-bond donors (Lipinski definition) is 1. The monoisotopic (exact) mass is 201 g/mol. The second-order valence-electron chi connectivity index (χ2n) is 3.76. The number of carbonyl (C=O) groups excluding carboxylic acids is 1. The van der Waals surface area contributed by atoms with Crippen LogP contribution in [0.1, 0.15) is 32.6 Å². The summed E-state index contributed by atoms with van der Waals surface area (Å²) in [4.78, 5) is 11.4. The summed E-state index contributed by atoms with van der Waals surface area (Å²) in [5, 5.41) is 0. The molecule has 1 saturated carbocycles. The standard InChI is InChI=1S/C10H19NO3/c1-2-6-13-7-8-14-9(12)10(11)4-3-5-10/h2-8,11H2,1H3. The summed E-state index contributed by atoms with van der Waals surface area (Å²) in [5.74, 6) is -0.274. The minimum atomic E-state index is -0.690. The maximum atomic E-state index is 11.4. The third-order valence-corrected chi connectivity index (χ3v) is 2.46. The van der Waals surface area contributed by atoms with Gasteiger partial charge in [0, 0.05) is 6.61 Å². The van der Waals surface area contributed by atoms with Gasteiger partial charge in [-0.1, -0.05) is 6.92 Å². The Morgan fingerprint density at radius 2 is 2.07 bits per heavy atom. The molecule has 0 heterocycles. The molecule has 0 bridgehead atoms. The molecule has 0 aromatic rings. The molecule has 1 aliphatic carbocycles. The quantitative estimate of drug-likeness (QED) is 0.511. The Morgan fingerprint density at radius 3 is 2.57 bits per heavy atom. The highest BCUT2D eigenvalue weighted by Crippen LogP contribution is 2.29. The van der Waals surface area contributed by atoms with E-state index in [-0.39, 0.29) is 5.97 Å². The molecule has 0 aromatic carbocycles. The van der Waals surface area contributed by atoms with Crippen molar-refractivity contribution < 1.29 is 14.3 Å². The van der Waals surface area contributed by atoms with E-state index in [1.54, 1.807) is 0 Å². The van der Waals surface area contributed by atoms with Gasteiger partial charge in [-0.2, -0.15) is 0 Å². The lowest BCUT2D eigenvalue weighted by Crippen LogP contribution is -2.54. The van der Waals surface area contributed by atoms with E-state index in [1.165, 1.54) is 0 Å². The smallest absolute Gasteiger partial charge is 0.326 e. The molecule has 0 unspecified atom stereocenters. The van der Waals surface area contributed by atoms with Crippen molar-refractivity contribution in [3.8, 4) is 0 Å². The predicted molar refractivity (Wildman–Crippen MR) is 52.8 cm³/mol. The molecule has 0 atom stereocenters. The first-order valence-corrected chi connectivity index (χ1v) is 5.23. The molecule has 2 N–H and O–H groups in total. The van der Waals surface area contributed by atoms with E-state index in [0.717, 1.165) is 25.7 Å². The van der Waals surface area contributed by atoms with Crippen LogP contribution in [0.15, 0.2) is 0 Å². The molecule has 0 aliphatic heterocycles. The van der Waals surface area contributed by atoms with Crippen molar-refractivity contribution in [1.29, 1.82) is 0 Å². The van der Waals surface area contributed by atoms with E-state index >= 15 is 0 Å². The van der Waals surface area contributed by atoms with E-state index < -0.39 is 5.54 Å². The van der Waals surface area contributed by atoms with Gasteiger partial charge in [0.05, 0.1) is 6.61 Å². The number of ether oxygens (including phenoxy) is 2. The van der Waals surface area contributed by atoms with Gasteiger partial charge < -0.3 is 15.2 Å². The second kappa shape index (κ2) is 5.32. The molecule has 4 heteroatoms. The van der Waals surface area contributed by atoms with Gasteiger partial charge in [0.2, 0.25) is 0 Å². The SMILES string of the molecule is CCCOCCOC(=O)C1(N)CCC1. The number of esters is 1. The Labute approximate surface area is 84.7 Å². The summed E-state index contributed by atoms with van der Waals surface area (Å²) in [6.07, 6.45) is 3.51. The van der Waals surface area contributed by atoms with Gasteiger partial charge >= 0.3 is 5.97 Å². The van der Waals surface area contributed by atoms with Gasteiger partial charge in [-0.05, 0) is 25.7 Å². The van der Waals surface area contributed by atoms with E-state index in [0.29, 0.717) is 19.8 Å². The van der Waals surface area contributed by atoms with Crippen LogP contribution in [0.4, 0.5) is 0 Å². The first-order valence-electron chi connectivity index (χ1n) is 5.23. The van der Waals surface area contributed by atoms with Crippen molar-refractivity contribution in [1.82, 2.24) is 0 Å². The topological polar surface area (TPSA) is 61.5 Å². The van der Waals surface area contributed by atoms with Crippen LogP contribution in [0.25, 0.3) is 0 Å². The lowest BCUT2D eigenvalue weighted by atomic mass is 9.78. The van der Waals surface area contributed by atoms with Gasteiger partial charge in [0.25, 0.3) is 0 Å². The van der Waals surface area contributed by atoms with Gasteiger partial charge in [-0.3, -0.25) is 4.79 Å². The second-order valence-corrected chi connectivity index (χ2v) is 3.76. The summed E-state index contributed by atoms with van der Waals surface area (Å²) >= 11 is 0. The Morgan fingerprint density at radius 1 is 1.36 bits per heavy atom. The molecule has 82 valence electrons. The Balaban J connectivity index is 2.03. The molecule has 0 saturated heterocycles. The molecule has 14 heavy (non-hydrogen) atoms. The van der Waals surface area contributed by atoms with Crippen LogP contribution >= 0.6 is 0 Å². The third kappa shape index (κ3) is 2.96. The van der Waals surface area contributed by atoms with Crippen LogP contribution in [0.5, 0.6) is 0 Å². The molecule has 1 fully saturated rings. The highest BCUT2D eigenvalue weighted by atomic mass is 16.6. The van der Waals surface area contributed by atoms with Gasteiger partial charge in [0.1, 0.15) is 12.1 Å². The first-order chi connectivity index (χ1) is 6.69. The fraction of sp³-hybridized carbons (Fsp3) is 0.900. The van der Waals surface area contributed by atoms with Gasteiger partial charge in [-0.25, -0.2) is 0 Å². The van der Waals surface area contributed by atoms with E-state index in [4.69, 9.17) is 15.2 Å². The normalized spacial score (nSPS) is 18.7. The van der Waals surface area contributed by atoms with Crippen LogP contribution in [-0.4, -0.2) is 31.3 Å². The number of carbonyl (C=O) groups is 1. The molecule has 0 radical (unpaired) electrons. The predicted octanol–water partition coefficient (Wildman–Crippen LogP) is 0.838. The maximum Gasteiger partial charge on any atom is 0.326 e. The average Bonchev–Trinajstić information content (AvgIpc) is 2.13. The molecule has 4 nitrogen and oxygen atoms in total. The zero-order chi connectivity index (χ0) is 10.4. The maximum absolute atomic E-state index is 11.4. The van der Waals surface area contributed by atoms with Crippen molar-refractivity contribution in [2.24, 2.45) is 5.73 Å². The average molecular weight is 201 g/mol. The highest BCUT2D eigenvalue weighted by molar-refractivity contribution is 5.81. The fourth-order valence-electron chi connectivity index (χ4n) is 1.35. The minimum Gasteiger partial charge on any atom is -0.462 e. The Bertz CT molecular complexity index is 190. The van der Waals surface area contributed by atoms with Crippen LogP contribution < -0.4 is 5.73 Å². The first kappa shape index (κ1) is 11.5. The largest absolute Gasteiger partial charge is 0.462 e. The van der Waals surface area contributed by atoms with Crippen LogP contribution in [0, 0.1) is 0 Å². The minimum absolute atomic E-state index is 0.274. The van der Waals surface area contributed by atoms with Gasteiger partial charge in [0.15, 0.2) is 0 Å². The van der Waals surface area contributed by atoms with Crippen molar-refractivity contribution in [2.45, 2.75) is 38.1 Å². The van der Waals surface area contributed by atoms with Crippen molar-refractivity contribution >= 4 is 5.97 Å². The zero-order valence-electron chi connectivity index (χ0n) is 8.75. The molecule has 0 aromatic heterocycles. The fourth-order valence-corrected chi connectivity index (χ4v) is 1.35. The molecule has 0 amide bonds. The molecule has 1 aliphatic rings. The van der Waals surface area contributed by atoms with Crippen molar-refractivity contribution in [3.63, 3.8) is 0 Å². The molecule has 0 spiro atoms.